The van der Waals surface area contributed by atoms with E-state index in [4.69, 9.17) is 5.73 Å². The van der Waals surface area contributed by atoms with Gasteiger partial charge in [-0.15, -0.1) is 12.4 Å². The number of H-pyrrole nitrogens is 1. The number of carbonyl (C=O) groups excluding carboxylic acids is 1. The predicted molar refractivity (Wildman–Crippen MR) is 81.2 cm³/mol. The normalized spacial score (nSPS) is 11.7. The van der Waals surface area contributed by atoms with Crippen LogP contribution >= 0.6 is 12.4 Å². The largest absolute Gasteiger partial charge is 0.354 e. The summed E-state index contributed by atoms with van der Waals surface area (Å²) in [6, 6.07) is 0.908. The molecule has 0 aliphatic heterocycles. The third kappa shape index (κ3) is 6.03. The van der Waals surface area contributed by atoms with Crippen LogP contribution in [0.1, 0.15) is 19.5 Å². The predicted octanol–water partition coefficient (Wildman–Crippen LogP) is 0.0115. The molecule has 0 saturated heterocycles. The Morgan fingerprint density at radius 3 is 2.65 bits per heavy atom. The lowest BCUT2D eigenvalue weighted by Gasteiger charge is -2.15. The number of aromatic amines is 1. The van der Waals surface area contributed by atoms with E-state index in [1.807, 2.05) is 13.8 Å². The molecular weight excluding hydrogens is 282 g/mol. The highest BCUT2D eigenvalue weighted by atomic mass is 35.5. The van der Waals surface area contributed by atoms with Gasteiger partial charge in [-0.2, -0.15) is 0 Å². The van der Waals surface area contributed by atoms with Gasteiger partial charge >= 0.3 is 0 Å². The van der Waals surface area contributed by atoms with Crippen LogP contribution in [-0.4, -0.2) is 35.0 Å². The van der Waals surface area contributed by atoms with Gasteiger partial charge in [-0.3, -0.25) is 14.6 Å². The molecule has 8 heteroatoms. The van der Waals surface area contributed by atoms with E-state index < -0.39 is 6.04 Å². The number of nitrogens with zero attached hydrogens (tertiary/aromatic N) is 1. The highest BCUT2D eigenvalue weighted by Gasteiger charge is 2.15. The number of amides is 1. The highest BCUT2D eigenvalue weighted by molar-refractivity contribution is 5.85. The van der Waals surface area contributed by atoms with Gasteiger partial charge in [-0.1, -0.05) is 13.8 Å². The Bertz CT molecular complexity index is 489. The molecule has 1 rings (SSSR count). The summed E-state index contributed by atoms with van der Waals surface area (Å²) in [7, 11) is 0. The molecule has 20 heavy (non-hydrogen) atoms. The molecule has 0 spiro atoms. The quantitative estimate of drug-likeness (QED) is 0.553. The number of nitrogens with one attached hydrogen (secondary N) is 3. The third-order valence-electron chi connectivity index (χ3n) is 2.61. The Morgan fingerprint density at radius 1 is 1.45 bits per heavy atom. The Morgan fingerprint density at radius 2 is 2.10 bits per heavy atom. The van der Waals surface area contributed by atoms with Crippen LogP contribution in [0.4, 0.5) is 5.95 Å². The number of aromatic nitrogens is 2. The summed E-state index contributed by atoms with van der Waals surface area (Å²) in [6.07, 6.45) is 0. The maximum absolute atomic E-state index is 11.6. The second kappa shape index (κ2) is 8.55. The van der Waals surface area contributed by atoms with Crippen molar-refractivity contribution in [3.8, 4) is 0 Å². The fraction of sp³-hybridized carbons (Fsp3) is 0.583. The van der Waals surface area contributed by atoms with Crippen molar-refractivity contribution in [3.05, 3.63) is 22.1 Å². The maximum atomic E-state index is 11.6. The average Bonchev–Trinajstić information content (AvgIpc) is 2.32. The first-order valence-corrected chi connectivity index (χ1v) is 6.25. The molecular formula is C12H22ClN5O2. The first kappa shape index (κ1) is 18.4. The van der Waals surface area contributed by atoms with Crippen LogP contribution < -0.4 is 21.9 Å². The molecule has 0 unspecified atom stereocenters. The summed E-state index contributed by atoms with van der Waals surface area (Å²) < 4.78 is 0. The Labute approximate surface area is 124 Å². The van der Waals surface area contributed by atoms with Crippen LogP contribution in [-0.2, 0) is 4.79 Å². The summed E-state index contributed by atoms with van der Waals surface area (Å²) in [5.41, 5.74) is 6.13. The molecule has 1 heterocycles. The molecule has 1 aromatic rings. The molecule has 0 radical (unpaired) electrons. The van der Waals surface area contributed by atoms with Crippen molar-refractivity contribution in [2.45, 2.75) is 26.8 Å². The molecule has 0 aromatic carbocycles. The molecule has 0 aliphatic rings. The summed E-state index contributed by atoms with van der Waals surface area (Å²) >= 11 is 0. The van der Waals surface area contributed by atoms with Gasteiger partial charge in [0.15, 0.2) is 0 Å². The van der Waals surface area contributed by atoms with Gasteiger partial charge in [0.1, 0.15) is 0 Å². The number of halogens is 1. The van der Waals surface area contributed by atoms with E-state index in [0.717, 1.165) is 0 Å². The molecule has 1 atom stereocenters. The topological polar surface area (TPSA) is 113 Å². The van der Waals surface area contributed by atoms with Gasteiger partial charge in [0, 0.05) is 24.8 Å². The van der Waals surface area contributed by atoms with Crippen molar-refractivity contribution in [2.24, 2.45) is 11.7 Å². The Hall–Kier alpha value is -1.60. The summed E-state index contributed by atoms with van der Waals surface area (Å²) in [5, 5.41) is 5.64. The number of rotatable bonds is 6. The number of carbonyl (C=O) groups is 1. The molecule has 7 nitrogen and oxygen atoms in total. The van der Waals surface area contributed by atoms with E-state index in [1.165, 1.54) is 6.07 Å². The Balaban J connectivity index is 0.00000361. The summed E-state index contributed by atoms with van der Waals surface area (Å²) in [4.78, 5) is 29.4. The van der Waals surface area contributed by atoms with Crippen LogP contribution in [0.25, 0.3) is 0 Å². The number of anilines is 1. The minimum atomic E-state index is -0.503. The lowest BCUT2D eigenvalue weighted by atomic mass is 10.1. The van der Waals surface area contributed by atoms with E-state index in [2.05, 4.69) is 20.6 Å². The standard InChI is InChI=1S/C12H21N5O2.ClH/c1-7(2)10(13)11(19)14-4-5-15-12-16-8(3)6-9(18)17-12;/h6-7,10H,4-5,13H2,1-3H3,(H,14,19)(H2,15,16,17,18);1H/t10-;/m1./s1. The van der Waals surface area contributed by atoms with Gasteiger partial charge in [-0.25, -0.2) is 4.98 Å². The highest BCUT2D eigenvalue weighted by Crippen LogP contribution is 1.97. The van der Waals surface area contributed by atoms with Crippen LogP contribution in [0.5, 0.6) is 0 Å². The second-order valence-electron chi connectivity index (χ2n) is 4.72. The molecule has 5 N–H and O–H groups in total. The zero-order valence-corrected chi connectivity index (χ0v) is 12.7. The van der Waals surface area contributed by atoms with Crippen molar-refractivity contribution in [3.63, 3.8) is 0 Å². The van der Waals surface area contributed by atoms with E-state index in [0.29, 0.717) is 24.7 Å². The van der Waals surface area contributed by atoms with Crippen LogP contribution in [0.2, 0.25) is 0 Å². The molecule has 0 fully saturated rings. The zero-order valence-electron chi connectivity index (χ0n) is 11.9. The molecule has 114 valence electrons. The van der Waals surface area contributed by atoms with Crippen LogP contribution in [0, 0.1) is 12.8 Å². The number of nitrogens with two attached hydrogens (primary N) is 1. The van der Waals surface area contributed by atoms with Crippen molar-refractivity contribution >= 4 is 24.3 Å². The number of hydrogen-bond donors (Lipinski definition) is 4. The van der Waals surface area contributed by atoms with Gasteiger partial charge in [-0.05, 0) is 12.8 Å². The smallest absolute Gasteiger partial charge is 0.252 e. The minimum absolute atomic E-state index is 0. The van der Waals surface area contributed by atoms with Gasteiger partial charge in [0.05, 0.1) is 6.04 Å². The lowest BCUT2D eigenvalue weighted by Crippen LogP contribution is -2.45. The van der Waals surface area contributed by atoms with E-state index >= 15 is 0 Å². The minimum Gasteiger partial charge on any atom is -0.354 e. The van der Waals surface area contributed by atoms with Crippen molar-refractivity contribution in [1.29, 1.82) is 0 Å². The maximum Gasteiger partial charge on any atom is 0.252 e. The molecule has 0 aliphatic carbocycles. The third-order valence-corrected chi connectivity index (χ3v) is 2.61. The monoisotopic (exact) mass is 303 g/mol. The summed E-state index contributed by atoms with van der Waals surface area (Å²) in [6.45, 7) is 6.40. The van der Waals surface area contributed by atoms with Crippen molar-refractivity contribution < 1.29 is 4.79 Å². The molecule has 0 bridgehead atoms. The molecule has 1 aromatic heterocycles. The fourth-order valence-electron chi connectivity index (χ4n) is 1.45. The SMILES string of the molecule is Cc1cc(=O)[nH]c(NCCNC(=O)[C@H](N)C(C)C)n1.Cl. The van der Waals surface area contributed by atoms with E-state index in [9.17, 15) is 9.59 Å². The average molecular weight is 304 g/mol. The van der Waals surface area contributed by atoms with Gasteiger partial charge < -0.3 is 16.4 Å². The van der Waals surface area contributed by atoms with Crippen LogP contribution in [0.15, 0.2) is 10.9 Å². The van der Waals surface area contributed by atoms with E-state index in [-0.39, 0.29) is 29.8 Å². The number of aryl methyl sites for hydroxylation is 1. The fourth-order valence-corrected chi connectivity index (χ4v) is 1.45. The zero-order chi connectivity index (χ0) is 14.4. The van der Waals surface area contributed by atoms with E-state index in [1.54, 1.807) is 6.92 Å². The second-order valence-corrected chi connectivity index (χ2v) is 4.72. The lowest BCUT2D eigenvalue weighted by molar-refractivity contribution is -0.123. The first-order valence-electron chi connectivity index (χ1n) is 6.25. The molecule has 0 saturated carbocycles. The first-order chi connectivity index (χ1) is 8.90. The number of hydrogen-bond acceptors (Lipinski definition) is 5. The van der Waals surface area contributed by atoms with Crippen LogP contribution in [0.3, 0.4) is 0 Å². The summed E-state index contributed by atoms with van der Waals surface area (Å²) in [5.74, 6) is 0.317. The van der Waals surface area contributed by atoms with Gasteiger partial charge in [0.25, 0.3) is 5.56 Å². The molecule has 1 amide bonds. The van der Waals surface area contributed by atoms with Crippen molar-refractivity contribution in [1.82, 2.24) is 15.3 Å². The van der Waals surface area contributed by atoms with Crippen molar-refractivity contribution in [2.75, 3.05) is 18.4 Å². The van der Waals surface area contributed by atoms with Gasteiger partial charge in [0.2, 0.25) is 11.9 Å². The Kier molecular flexibility index (Phi) is 7.86.